The zero-order chi connectivity index (χ0) is 13.0. The van der Waals surface area contributed by atoms with Crippen molar-refractivity contribution in [1.29, 1.82) is 0 Å². The van der Waals surface area contributed by atoms with E-state index < -0.39 is 0 Å². The molecule has 1 N–H and O–H groups in total. The highest BCUT2D eigenvalue weighted by atomic mass is 16.2. The number of carbonyl (C=O) groups excluding carboxylic acids is 1. The van der Waals surface area contributed by atoms with Gasteiger partial charge in [0.1, 0.15) is 0 Å². The Morgan fingerprint density at radius 3 is 3.00 bits per heavy atom. The van der Waals surface area contributed by atoms with Crippen molar-refractivity contribution in [3.8, 4) is 0 Å². The highest BCUT2D eigenvalue weighted by Gasteiger charge is 2.22. The van der Waals surface area contributed by atoms with Crippen LogP contribution in [0.15, 0.2) is 24.3 Å². The molecule has 0 spiro atoms. The number of nitrogens with one attached hydrogen (secondary N) is 1. The minimum Gasteiger partial charge on any atom is -0.341 e. The molecule has 1 aliphatic rings. The number of likely N-dealkylation sites (N-methyl/N-ethyl adjacent to an activating group) is 1. The van der Waals surface area contributed by atoms with Gasteiger partial charge in [-0.2, -0.15) is 0 Å². The third-order valence-corrected chi connectivity index (χ3v) is 3.69. The van der Waals surface area contributed by atoms with E-state index in [1.54, 1.807) is 0 Å². The third-order valence-electron chi connectivity index (χ3n) is 3.69. The van der Waals surface area contributed by atoms with E-state index in [9.17, 15) is 4.79 Å². The van der Waals surface area contributed by atoms with Crippen molar-refractivity contribution >= 4 is 5.91 Å². The van der Waals surface area contributed by atoms with Crippen LogP contribution in [0.5, 0.6) is 0 Å². The van der Waals surface area contributed by atoms with Crippen LogP contribution in [-0.2, 0) is 11.2 Å². The summed E-state index contributed by atoms with van der Waals surface area (Å²) in [6, 6.07) is 8.78. The number of hydrogen-bond donors (Lipinski definition) is 1. The molecule has 0 aliphatic carbocycles. The van der Waals surface area contributed by atoms with Crippen molar-refractivity contribution in [2.24, 2.45) is 0 Å². The maximum atomic E-state index is 12.1. The molecule has 0 aromatic heterocycles. The lowest BCUT2D eigenvalue weighted by molar-refractivity contribution is -0.131. The molecule has 0 saturated carbocycles. The molecule has 1 fully saturated rings. The largest absolute Gasteiger partial charge is 0.341 e. The lowest BCUT2D eigenvalue weighted by atomic mass is 10.1. The molecular weight excluding hydrogens is 224 g/mol. The summed E-state index contributed by atoms with van der Waals surface area (Å²) in [6.07, 6.45) is 2.52. The summed E-state index contributed by atoms with van der Waals surface area (Å²) in [4.78, 5) is 14.0. The Hall–Kier alpha value is -1.35. The van der Waals surface area contributed by atoms with Gasteiger partial charge < -0.3 is 10.2 Å². The molecule has 3 nitrogen and oxygen atoms in total. The lowest BCUT2D eigenvalue weighted by Gasteiger charge is -2.23. The predicted octanol–water partition coefficient (Wildman–Crippen LogP) is 1.75. The van der Waals surface area contributed by atoms with Crippen molar-refractivity contribution in [3.63, 3.8) is 0 Å². The van der Waals surface area contributed by atoms with Crippen LogP contribution in [0.25, 0.3) is 0 Å². The number of carbonyl (C=O) groups is 1. The van der Waals surface area contributed by atoms with Gasteiger partial charge in [-0.15, -0.1) is 0 Å². The molecular formula is C15H22N2O. The van der Waals surface area contributed by atoms with Gasteiger partial charge in [-0.05, 0) is 31.9 Å². The molecule has 1 unspecified atom stereocenters. The van der Waals surface area contributed by atoms with Gasteiger partial charge >= 0.3 is 0 Å². The highest BCUT2D eigenvalue weighted by Crippen LogP contribution is 2.11. The average Bonchev–Trinajstić information content (AvgIpc) is 2.89. The smallest absolute Gasteiger partial charge is 0.222 e. The molecule has 0 radical (unpaired) electrons. The van der Waals surface area contributed by atoms with E-state index in [4.69, 9.17) is 0 Å². The molecule has 3 heteroatoms. The first-order valence-corrected chi connectivity index (χ1v) is 6.69. The second-order valence-corrected chi connectivity index (χ2v) is 5.14. The van der Waals surface area contributed by atoms with Gasteiger partial charge in [0, 0.05) is 26.1 Å². The maximum absolute atomic E-state index is 12.1. The van der Waals surface area contributed by atoms with Crippen molar-refractivity contribution in [2.75, 3.05) is 20.1 Å². The Labute approximate surface area is 109 Å². The number of rotatable bonds is 4. The van der Waals surface area contributed by atoms with E-state index >= 15 is 0 Å². The van der Waals surface area contributed by atoms with Gasteiger partial charge in [0.15, 0.2) is 0 Å². The fraction of sp³-hybridized carbons (Fsp3) is 0.533. The second kappa shape index (κ2) is 6.01. The molecule has 18 heavy (non-hydrogen) atoms. The molecule has 98 valence electrons. The average molecular weight is 246 g/mol. The summed E-state index contributed by atoms with van der Waals surface area (Å²) in [6.45, 7) is 4.05. The number of aryl methyl sites for hydroxylation is 2. The second-order valence-electron chi connectivity index (χ2n) is 5.14. The topological polar surface area (TPSA) is 32.3 Å². The molecule has 1 aromatic rings. The van der Waals surface area contributed by atoms with Crippen molar-refractivity contribution in [3.05, 3.63) is 35.4 Å². The molecule has 1 amide bonds. The quantitative estimate of drug-likeness (QED) is 0.878. The minimum atomic E-state index is 0.255. The van der Waals surface area contributed by atoms with Crippen molar-refractivity contribution < 1.29 is 4.79 Å². The third kappa shape index (κ3) is 3.33. The van der Waals surface area contributed by atoms with Crippen LogP contribution in [0.2, 0.25) is 0 Å². The van der Waals surface area contributed by atoms with E-state index in [1.807, 2.05) is 11.9 Å². The predicted molar refractivity (Wildman–Crippen MR) is 73.5 cm³/mol. The summed E-state index contributed by atoms with van der Waals surface area (Å²) in [5, 5.41) is 3.30. The Bertz CT molecular complexity index is 411. The van der Waals surface area contributed by atoms with E-state index in [0.29, 0.717) is 12.5 Å². The molecule has 1 aromatic carbocycles. The Morgan fingerprint density at radius 2 is 2.33 bits per heavy atom. The van der Waals surface area contributed by atoms with Crippen LogP contribution >= 0.6 is 0 Å². The Balaban J connectivity index is 1.84. The first-order valence-electron chi connectivity index (χ1n) is 6.69. The summed E-state index contributed by atoms with van der Waals surface area (Å²) >= 11 is 0. The number of hydrogen-bond acceptors (Lipinski definition) is 2. The fourth-order valence-corrected chi connectivity index (χ4v) is 2.47. The van der Waals surface area contributed by atoms with Gasteiger partial charge in [0.05, 0.1) is 0 Å². The zero-order valence-corrected chi connectivity index (χ0v) is 11.3. The monoisotopic (exact) mass is 246 g/mol. The first kappa shape index (κ1) is 13.1. The normalized spacial score (nSPS) is 18.9. The summed E-state index contributed by atoms with van der Waals surface area (Å²) in [5.41, 5.74) is 2.51. The standard InChI is InChI=1S/C15H22N2O/c1-12-4-3-5-13(10-12)6-7-15(18)17(2)14-8-9-16-11-14/h3-5,10,14,16H,6-9,11H2,1-2H3. The maximum Gasteiger partial charge on any atom is 0.222 e. The Kier molecular flexibility index (Phi) is 4.37. The highest BCUT2D eigenvalue weighted by molar-refractivity contribution is 5.76. The van der Waals surface area contributed by atoms with Gasteiger partial charge in [-0.3, -0.25) is 4.79 Å². The van der Waals surface area contributed by atoms with Gasteiger partial charge in [0.25, 0.3) is 0 Å². The summed E-state index contributed by atoms with van der Waals surface area (Å²) in [7, 11) is 1.93. The van der Waals surface area contributed by atoms with Crippen LogP contribution in [-0.4, -0.2) is 37.0 Å². The number of nitrogens with zero attached hydrogens (tertiary/aromatic N) is 1. The van der Waals surface area contributed by atoms with E-state index in [2.05, 4.69) is 36.5 Å². The van der Waals surface area contributed by atoms with Crippen molar-refractivity contribution in [1.82, 2.24) is 10.2 Å². The molecule has 1 atom stereocenters. The first-order chi connectivity index (χ1) is 8.66. The number of benzene rings is 1. The van der Waals surface area contributed by atoms with Gasteiger partial charge in [-0.1, -0.05) is 29.8 Å². The Morgan fingerprint density at radius 1 is 1.50 bits per heavy atom. The molecule has 1 heterocycles. The molecule has 0 bridgehead atoms. The van der Waals surface area contributed by atoms with Gasteiger partial charge in [-0.25, -0.2) is 0 Å². The zero-order valence-electron chi connectivity index (χ0n) is 11.3. The van der Waals surface area contributed by atoms with Crippen LogP contribution < -0.4 is 5.32 Å². The fourth-order valence-electron chi connectivity index (χ4n) is 2.47. The van der Waals surface area contributed by atoms with Crippen LogP contribution in [0.4, 0.5) is 0 Å². The summed E-state index contributed by atoms with van der Waals surface area (Å²) < 4.78 is 0. The number of amides is 1. The van der Waals surface area contributed by atoms with E-state index in [1.165, 1.54) is 11.1 Å². The van der Waals surface area contributed by atoms with E-state index in [-0.39, 0.29) is 5.91 Å². The minimum absolute atomic E-state index is 0.255. The SMILES string of the molecule is Cc1cccc(CCC(=O)N(C)C2CCNC2)c1. The lowest BCUT2D eigenvalue weighted by Crippen LogP contribution is -2.38. The van der Waals surface area contributed by atoms with Gasteiger partial charge in [0.2, 0.25) is 5.91 Å². The molecule has 1 saturated heterocycles. The molecule has 1 aliphatic heterocycles. The molecule has 2 rings (SSSR count). The van der Waals surface area contributed by atoms with Crippen LogP contribution in [0.1, 0.15) is 24.0 Å². The van der Waals surface area contributed by atoms with Crippen LogP contribution in [0.3, 0.4) is 0 Å². The van der Waals surface area contributed by atoms with E-state index in [0.717, 1.165) is 25.9 Å². The van der Waals surface area contributed by atoms with Crippen molar-refractivity contribution in [2.45, 2.75) is 32.2 Å². The summed E-state index contributed by atoms with van der Waals surface area (Å²) in [5.74, 6) is 0.255. The van der Waals surface area contributed by atoms with Crippen LogP contribution in [0, 0.1) is 6.92 Å².